The molecule has 0 saturated heterocycles. The van der Waals surface area contributed by atoms with Crippen LogP contribution >= 0.6 is 0 Å². The number of ether oxygens (including phenoxy) is 1. The molecule has 0 bridgehead atoms. The molecule has 2 unspecified atom stereocenters. The van der Waals surface area contributed by atoms with Crippen LogP contribution in [0.2, 0.25) is 0 Å². The van der Waals surface area contributed by atoms with Gasteiger partial charge in [-0.25, -0.2) is 0 Å². The smallest absolute Gasteiger partial charge is 0.226 e. The molecule has 1 amide bonds. The average Bonchev–Trinajstić information content (AvgIpc) is 2.77. The van der Waals surface area contributed by atoms with Crippen LogP contribution in [-0.2, 0) is 9.53 Å². The van der Waals surface area contributed by atoms with E-state index in [4.69, 9.17) is 10.5 Å². The third kappa shape index (κ3) is 3.19. The van der Waals surface area contributed by atoms with Crippen molar-refractivity contribution < 1.29 is 9.53 Å². The van der Waals surface area contributed by atoms with E-state index in [1.807, 2.05) is 11.8 Å². The fourth-order valence-corrected chi connectivity index (χ4v) is 2.50. The summed E-state index contributed by atoms with van der Waals surface area (Å²) >= 11 is 0. The molecule has 0 aromatic rings. The first-order valence-electron chi connectivity index (χ1n) is 6.22. The maximum atomic E-state index is 12.3. The summed E-state index contributed by atoms with van der Waals surface area (Å²) < 4.78 is 5.02. The minimum atomic E-state index is 0.154. The maximum absolute atomic E-state index is 12.3. The first-order chi connectivity index (χ1) is 7.74. The van der Waals surface area contributed by atoms with Crippen LogP contribution in [0.4, 0.5) is 0 Å². The Morgan fingerprint density at radius 2 is 2.25 bits per heavy atom. The Balaban J connectivity index is 2.52. The number of carbonyl (C=O) groups is 1. The summed E-state index contributed by atoms with van der Waals surface area (Å²) in [5, 5.41) is 0. The maximum Gasteiger partial charge on any atom is 0.226 e. The van der Waals surface area contributed by atoms with E-state index in [0.717, 1.165) is 25.8 Å². The Hall–Kier alpha value is -0.610. The highest BCUT2D eigenvalue weighted by Crippen LogP contribution is 2.32. The summed E-state index contributed by atoms with van der Waals surface area (Å²) in [5.41, 5.74) is 5.71. The lowest BCUT2D eigenvalue weighted by Gasteiger charge is -2.26. The molecule has 0 aromatic heterocycles. The van der Waals surface area contributed by atoms with Gasteiger partial charge in [-0.2, -0.15) is 0 Å². The third-order valence-corrected chi connectivity index (χ3v) is 3.54. The van der Waals surface area contributed by atoms with E-state index in [-0.39, 0.29) is 11.8 Å². The van der Waals surface area contributed by atoms with E-state index in [9.17, 15) is 4.79 Å². The van der Waals surface area contributed by atoms with Crippen molar-refractivity contribution in [3.8, 4) is 0 Å². The Labute approximate surface area is 98.1 Å². The molecule has 4 nitrogen and oxygen atoms in total. The van der Waals surface area contributed by atoms with Crippen molar-refractivity contribution in [1.82, 2.24) is 4.90 Å². The minimum absolute atomic E-state index is 0.154. The first-order valence-corrected chi connectivity index (χ1v) is 6.22. The Bertz CT molecular complexity index is 221. The molecule has 94 valence electrons. The van der Waals surface area contributed by atoms with Gasteiger partial charge in [0.25, 0.3) is 0 Å². The van der Waals surface area contributed by atoms with Crippen molar-refractivity contribution in [2.75, 3.05) is 33.4 Å². The predicted octanol–water partition coefficient (Wildman–Crippen LogP) is 0.856. The number of nitrogens with two attached hydrogens (primary N) is 1. The Morgan fingerprint density at radius 1 is 1.50 bits per heavy atom. The summed E-state index contributed by atoms with van der Waals surface area (Å²) in [6.45, 7) is 4.72. The number of rotatable bonds is 6. The second-order valence-corrected chi connectivity index (χ2v) is 4.44. The largest absolute Gasteiger partial charge is 0.383 e. The van der Waals surface area contributed by atoms with E-state index >= 15 is 0 Å². The zero-order chi connectivity index (χ0) is 12.0. The number of likely N-dealkylation sites (N-methyl/N-ethyl adjacent to an activating group) is 1. The molecule has 16 heavy (non-hydrogen) atoms. The molecule has 2 N–H and O–H groups in total. The van der Waals surface area contributed by atoms with Crippen LogP contribution in [0.15, 0.2) is 0 Å². The van der Waals surface area contributed by atoms with Gasteiger partial charge in [-0.3, -0.25) is 4.79 Å². The minimum Gasteiger partial charge on any atom is -0.383 e. The summed E-state index contributed by atoms with van der Waals surface area (Å²) in [7, 11) is 1.66. The lowest BCUT2D eigenvalue weighted by Crippen LogP contribution is -2.40. The zero-order valence-corrected chi connectivity index (χ0v) is 10.4. The molecule has 1 aliphatic rings. The van der Waals surface area contributed by atoms with E-state index in [1.54, 1.807) is 7.11 Å². The summed E-state index contributed by atoms with van der Waals surface area (Å²) in [5.74, 6) is 0.818. The van der Waals surface area contributed by atoms with Gasteiger partial charge in [0, 0.05) is 26.1 Å². The fourth-order valence-electron chi connectivity index (χ4n) is 2.50. The molecule has 1 aliphatic carbocycles. The van der Waals surface area contributed by atoms with E-state index < -0.39 is 0 Å². The van der Waals surface area contributed by atoms with Crippen molar-refractivity contribution in [1.29, 1.82) is 0 Å². The van der Waals surface area contributed by atoms with Crippen LogP contribution in [-0.4, -0.2) is 44.2 Å². The normalized spacial score (nSPS) is 24.7. The topological polar surface area (TPSA) is 55.6 Å². The second-order valence-electron chi connectivity index (χ2n) is 4.44. The first kappa shape index (κ1) is 13.5. The van der Waals surface area contributed by atoms with E-state index in [0.29, 0.717) is 25.6 Å². The van der Waals surface area contributed by atoms with Crippen molar-refractivity contribution in [2.45, 2.75) is 26.2 Å². The third-order valence-electron chi connectivity index (χ3n) is 3.54. The van der Waals surface area contributed by atoms with Gasteiger partial charge >= 0.3 is 0 Å². The molecule has 1 rings (SSSR count). The number of hydrogen-bond donors (Lipinski definition) is 1. The average molecular weight is 228 g/mol. The lowest BCUT2D eigenvalue weighted by molar-refractivity contribution is -0.137. The van der Waals surface area contributed by atoms with Crippen LogP contribution in [0.5, 0.6) is 0 Å². The Morgan fingerprint density at radius 3 is 2.81 bits per heavy atom. The van der Waals surface area contributed by atoms with Crippen LogP contribution in [0.3, 0.4) is 0 Å². The number of amides is 1. The molecule has 2 atom stereocenters. The summed E-state index contributed by atoms with van der Waals surface area (Å²) in [4.78, 5) is 14.2. The van der Waals surface area contributed by atoms with Crippen molar-refractivity contribution in [2.24, 2.45) is 17.6 Å². The SMILES string of the molecule is CCN(CCOC)C(=O)C1CCCC1CN. The van der Waals surface area contributed by atoms with Gasteiger partial charge in [-0.1, -0.05) is 6.42 Å². The highest BCUT2D eigenvalue weighted by Gasteiger charge is 2.33. The highest BCUT2D eigenvalue weighted by molar-refractivity contribution is 5.79. The fraction of sp³-hybridized carbons (Fsp3) is 0.917. The number of carbonyl (C=O) groups excluding carboxylic acids is 1. The Kier molecular flexibility index (Phi) is 5.77. The molecule has 0 spiro atoms. The molecule has 1 saturated carbocycles. The van der Waals surface area contributed by atoms with E-state index in [1.165, 1.54) is 0 Å². The van der Waals surface area contributed by atoms with Gasteiger partial charge in [-0.05, 0) is 32.2 Å². The van der Waals surface area contributed by atoms with Crippen LogP contribution in [0.25, 0.3) is 0 Å². The van der Waals surface area contributed by atoms with Gasteiger partial charge in [0.1, 0.15) is 0 Å². The van der Waals surface area contributed by atoms with E-state index in [2.05, 4.69) is 0 Å². The molecule has 0 heterocycles. The quantitative estimate of drug-likeness (QED) is 0.733. The lowest BCUT2D eigenvalue weighted by atomic mass is 9.95. The van der Waals surface area contributed by atoms with Gasteiger partial charge in [0.05, 0.1) is 6.61 Å². The van der Waals surface area contributed by atoms with Crippen LogP contribution in [0, 0.1) is 11.8 Å². The highest BCUT2D eigenvalue weighted by atomic mass is 16.5. The van der Waals surface area contributed by atoms with Gasteiger partial charge in [-0.15, -0.1) is 0 Å². The zero-order valence-electron chi connectivity index (χ0n) is 10.4. The second kappa shape index (κ2) is 6.86. The van der Waals surface area contributed by atoms with Crippen LogP contribution in [0.1, 0.15) is 26.2 Å². The monoisotopic (exact) mass is 228 g/mol. The molecule has 0 aromatic carbocycles. The molecule has 1 fully saturated rings. The molecular weight excluding hydrogens is 204 g/mol. The standard InChI is InChI=1S/C12H24N2O2/c1-3-14(7-8-16-2)12(15)11-6-4-5-10(11)9-13/h10-11H,3-9,13H2,1-2H3. The molecule has 0 aliphatic heterocycles. The molecular formula is C12H24N2O2. The molecule has 0 radical (unpaired) electrons. The summed E-state index contributed by atoms with van der Waals surface area (Å²) in [6, 6.07) is 0. The van der Waals surface area contributed by atoms with Gasteiger partial charge < -0.3 is 15.4 Å². The summed E-state index contributed by atoms with van der Waals surface area (Å²) in [6.07, 6.45) is 3.25. The van der Waals surface area contributed by atoms with Crippen molar-refractivity contribution in [3.05, 3.63) is 0 Å². The van der Waals surface area contributed by atoms with Crippen molar-refractivity contribution in [3.63, 3.8) is 0 Å². The number of methoxy groups -OCH3 is 1. The van der Waals surface area contributed by atoms with Gasteiger partial charge in [0.2, 0.25) is 5.91 Å². The molecule has 4 heteroatoms. The van der Waals surface area contributed by atoms with Crippen molar-refractivity contribution >= 4 is 5.91 Å². The predicted molar refractivity (Wildman–Crippen MR) is 64.0 cm³/mol. The number of hydrogen-bond acceptors (Lipinski definition) is 3. The number of nitrogens with zero attached hydrogens (tertiary/aromatic N) is 1. The van der Waals surface area contributed by atoms with Gasteiger partial charge in [0.15, 0.2) is 0 Å². The van der Waals surface area contributed by atoms with Crippen LogP contribution < -0.4 is 5.73 Å².